The van der Waals surface area contributed by atoms with Gasteiger partial charge in [-0.3, -0.25) is 4.79 Å². The van der Waals surface area contributed by atoms with E-state index in [2.05, 4.69) is 6.08 Å². The first kappa shape index (κ1) is 22.7. The number of hydrogen-bond acceptors (Lipinski definition) is 4. The Balaban J connectivity index is 1.11. The maximum absolute atomic E-state index is 12.9. The predicted octanol–water partition coefficient (Wildman–Crippen LogP) is 6.80. The summed E-state index contributed by atoms with van der Waals surface area (Å²) in [4.78, 5) is 12.9. The zero-order valence-electron chi connectivity index (χ0n) is 19.9. The molecule has 2 heterocycles. The number of carbonyl (C=O) groups is 1. The molecule has 2 aliphatic heterocycles. The summed E-state index contributed by atoms with van der Waals surface area (Å²) in [6.45, 7) is 2.07. The molecular formula is C29H38O4. The Bertz CT molecular complexity index is 869. The normalized spacial score (nSPS) is 25.9. The Morgan fingerprint density at radius 1 is 0.970 bits per heavy atom. The van der Waals surface area contributed by atoms with Crippen molar-refractivity contribution in [1.29, 1.82) is 0 Å². The van der Waals surface area contributed by atoms with Gasteiger partial charge in [-0.1, -0.05) is 37.7 Å². The molecule has 5 rings (SSSR count). The molecule has 1 saturated carbocycles. The van der Waals surface area contributed by atoms with Crippen LogP contribution in [0.15, 0.2) is 47.2 Å². The zero-order chi connectivity index (χ0) is 22.5. The molecule has 0 N–H and O–H groups in total. The minimum Gasteiger partial charge on any atom is -0.493 e. The van der Waals surface area contributed by atoms with Crippen LogP contribution in [0, 0.1) is 11.8 Å². The molecule has 1 saturated heterocycles. The van der Waals surface area contributed by atoms with Crippen molar-refractivity contribution in [2.45, 2.75) is 83.2 Å². The predicted molar refractivity (Wildman–Crippen MR) is 129 cm³/mol. The Morgan fingerprint density at radius 2 is 1.82 bits per heavy atom. The number of ether oxygens (including phenoxy) is 3. The number of Topliss-reactive ketones (excluding diaryl/α,β-unsaturated/α-hetero) is 1. The molecule has 0 aromatic heterocycles. The van der Waals surface area contributed by atoms with Gasteiger partial charge in [-0.15, -0.1) is 0 Å². The second kappa shape index (κ2) is 10.9. The Labute approximate surface area is 198 Å². The summed E-state index contributed by atoms with van der Waals surface area (Å²) in [6, 6.07) is 7.59. The van der Waals surface area contributed by atoms with Gasteiger partial charge in [0.05, 0.1) is 12.7 Å². The van der Waals surface area contributed by atoms with E-state index in [-0.39, 0.29) is 17.8 Å². The summed E-state index contributed by atoms with van der Waals surface area (Å²) >= 11 is 0. The van der Waals surface area contributed by atoms with Crippen molar-refractivity contribution in [3.8, 4) is 5.75 Å². The topological polar surface area (TPSA) is 44.8 Å². The van der Waals surface area contributed by atoms with Crippen LogP contribution >= 0.6 is 0 Å². The van der Waals surface area contributed by atoms with E-state index >= 15 is 0 Å². The largest absolute Gasteiger partial charge is 0.493 e. The van der Waals surface area contributed by atoms with Crippen LogP contribution in [0.2, 0.25) is 0 Å². The van der Waals surface area contributed by atoms with Crippen LogP contribution in [-0.2, 0) is 9.47 Å². The number of allylic oxidation sites excluding steroid dienone is 3. The molecule has 0 spiro atoms. The fraction of sp³-hybridized carbons (Fsp3) is 0.621. The SMILES string of the molecule is O=C(C[C@H]1COC2=C(CCC(CC3CCCCC3)=C2)C1)c1ccc(OC[C@@H]2CCCO2)cc1. The Morgan fingerprint density at radius 3 is 2.61 bits per heavy atom. The Kier molecular flexibility index (Phi) is 7.50. The van der Waals surface area contributed by atoms with Crippen LogP contribution in [0.5, 0.6) is 5.75 Å². The summed E-state index contributed by atoms with van der Waals surface area (Å²) < 4.78 is 17.6. The van der Waals surface area contributed by atoms with Crippen molar-refractivity contribution in [3.63, 3.8) is 0 Å². The van der Waals surface area contributed by atoms with E-state index in [0.717, 1.165) is 55.3 Å². The van der Waals surface area contributed by atoms with Gasteiger partial charge in [0.1, 0.15) is 18.1 Å². The van der Waals surface area contributed by atoms with Gasteiger partial charge in [0.2, 0.25) is 0 Å². The first-order chi connectivity index (χ1) is 16.2. The van der Waals surface area contributed by atoms with E-state index in [1.165, 1.54) is 50.5 Å². The smallest absolute Gasteiger partial charge is 0.163 e. The molecule has 0 radical (unpaired) electrons. The van der Waals surface area contributed by atoms with Crippen LogP contribution in [0.3, 0.4) is 0 Å². The first-order valence-corrected chi connectivity index (χ1v) is 13.1. The molecule has 0 unspecified atom stereocenters. The van der Waals surface area contributed by atoms with Crippen molar-refractivity contribution >= 4 is 5.78 Å². The van der Waals surface area contributed by atoms with E-state index in [9.17, 15) is 4.79 Å². The van der Waals surface area contributed by atoms with Gasteiger partial charge < -0.3 is 14.2 Å². The van der Waals surface area contributed by atoms with E-state index in [0.29, 0.717) is 19.6 Å². The zero-order valence-corrected chi connectivity index (χ0v) is 19.9. The molecule has 0 amide bonds. The van der Waals surface area contributed by atoms with E-state index in [1.54, 1.807) is 5.57 Å². The number of benzene rings is 1. The highest BCUT2D eigenvalue weighted by molar-refractivity contribution is 5.96. The molecule has 1 aromatic carbocycles. The van der Waals surface area contributed by atoms with Gasteiger partial charge >= 0.3 is 0 Å². The average molecular weight is 451 g/mol. The third-order valence-corrected chi connectivity index (χ3v) is 7.83. The maximum Gasteiger partial charge on any atom is 0.163 e. The highest BCUT2D eigenvalue weighted by Crippen LogP contribution is 2.38. The first-order valence-electron chi connectivity index (χ1n) is 13.1. The van der Waals surface area contributed by atoms with Crippen molar-refractivity contribution in [3.05, 3.63) is 52.8 Å². The minimum atomic E-state index is 0.197. The van der Waals surface area contributed by atoms with Gasteiger partial charge in [-0.2, -0.15) is 0 Å². The van der Waals surface area contributed by atoms with Gasteiger partial charge in [0, 0.05) is 24.5 Å². The van der Waals surface area contributed by atoms with Crippen molar-refractivity contribution in [2.24, 2.45) is 11.8 Å². The lowest BCUT2D eigenvalue weighted by Gasteiger charge is -2.31. The highest BCUT2D eigenvalue weighted by atomic mass is 16.5. The summed E-state index contributed by atoms with van der Waals surface area (Å²) in [7, 11) is 0. The molecule has 2 atom stereocenters. The second-order valence-corrected chi connectivity index (χ2v) is 10.5. The molecule has 4 nitrogen and oxygen atoms in total. The summed E-state index contributed by atoms with van der Waals surface area (Å²) in [5, 5.41) is 0. The van der Waals surface area contributed by atoms with Crippen LogP contribution in [0.25, 0.3) is 0 Å². The van der Waals surface area contributed by atoms with Crippen molar-refractivity contribution in [2.75, 3.05) is 19.8 Å². The van der Waals surface area contributed by atoms with E-state index < -0.39 is 0 Å². The third-order valence-electron chi connectivity index (χ3n) is 7.83. The number of hydrogen-bond donors (Lipinski definition) is 0. The standard InChI is InChI=1S/C29H38O4/c30-28(24-10-12-26(13-11-24)32-20-27-7-4-14-31-27)17-23-16-25-9-8-22(18-29(25)33-19-23)15-21-5-2-1-3-6-21/h10-13,18,21,23,27H,1-9,14-17,19-20H2/t23-,27-/m0/s1. The van der Waals surface area contributed by atoms with Crippen LogP contribution in [0.4, 0.5) is 0 Å². The molecule has 178 valence electrons. The number of carbonyl (C=O) groups excluding carboxylic acids is 1. The Hall–Kier alpha value is -2.07. The second-order valence-electron chi connectivity index (χ2n) is 10.5. The lowest BCUT2D eigenvalue weighted by atomic mass is 9.80. The van der Waals surface area contributed by atoms with Gasteiger partial charge in [-0.25, -0.2) is 0 Å². The minimum absolute atomic E-state index is 0.197. The molecule has 4 heteroatoms. The molecule has 2 fully saturated rings. The third kappa shape index (κ3) is 6.09. The summed E-state index contributed by atoms with van der Waals surface area (Å²) in [5.41, 5.74) is 3.76. The summed E-state index contributed by atoms with van der Waals surface area (Å²) in [5.74, 6) is 3.27. The van der Waals surface area contributed by atoms with E-state index in [4.69, 9.17) is 14.2 Å². The number of ketones is 1. The van der Waals surface area contributed by atoms with Gasteiger partial charge in [-0.05, 0) is 80.4 Å². The lowest BCUT2D eigenvalue weighted by molar-refractivity contribution is 0.0679. The van der Waals surface area contributed by atoms with Crippen molar-refractivity contribution < 1.29 is 19.0 Å². The lowest BCUT2D eigenvalue weighted by Crippen LogP contribution is -2.22. The maximum atomic E-state index is 12.9. The molecule has 2 aliphatic carbocycles. The van der Waals surface area contributed by atoms with Crippen LogP contribution in [0.1, 0.15) is 87.4 Å². The quantitative estimate of drug-likeness (QED) is 0.409. The average Bonchev–Trinajstić information content (AvgIpc) is 3.38. The molecule has 33 heavy (non-hydrogen) atoms. The van der Waals surface area contributed by atoms with Gasteiger partial charge in [0.25, 0.3) is 0 Å². The highest BCUT2D eigenvalue weighted by Gasteiger charge is 2.27. The number of rotatable bonds is 8. The van der Waals surface area contributed by atoms with Crippen LogP contribution < -0.4 is 4.74 Å². The fourth-order valence-electron chi connectivity index (χ4n) is 5.89. The van der Waals surface area contributed by atoms with Gasteiger partial charge in [0.15, 0.2) is 5.78 Å². The molecule has 0 bridgehead atoms. The monoisotopic (exact) mass is 450 g/mol. The molecule has 1 aromatic rings. The van der Waals surface area contributed by atoms with Crippen molar-refractivity contribution in [1.82, 2.24) is 0 Å². The fourth-order valence-corrected chi connectivity index (χ4v) is 5.89. The summed E-state index contributed by atoms with van der Waals surface area (Å²) in [6.07, 6.45) is 16.8. The van der Waals surface area contributed by atoms with E-state index in [1.807, 2.05) is 24.3 Å². The molecule has 4 aliphatic rings. The molecular weight excluding hydrogens is 412 g/mol. The van der Waals surface area contributed by atoms with Crippen LogP contribution in [-0.4, -0.2) is 31.7 Å².